The molecule has 6 heteroatoms. The molecule has 0 aliphatic heterocycles. The highest BCUT2D eigenvalue weighted by molar-refractivity contribution is 5.97. The highest BCUT2D eigenvalue weighted by atomic mass is 16.2. The maximum atomic E-state index is 12.7. The number of aromatic nitrogens is 4. The summed E-state index contributed by atoms with van der Waals surface area (Å²) in [5.74, 6) is 0.571. The second kappa shape index (κ2) is 5.95. The lowest BCUT2D eigenvalue weighted by molar-refractivity contribution is 0.0783. The topological polar surface area (TPSA) is 74.8 Å². The third-order valence-electron chi connectivity index (χ3n) is 4.72. The number of nitrogens with zero attached hydrogens (tertiary/aromatic N) is 4. The number of H-pyrrole nitrogens is 1. The van der Waals surface area contributed by atoms with Gasteiger partial charge in [-0.3, -0.25) is 9.89 Å². The first-order valence-corrected chi connectivity index (χ1v) is 8.56. The van der Waals surface area contributed by atoms with E-state index in [-0.39, 0.29) is 5.91 Å². The van der Waals surface area contributed by atoms with Gasteiger partial charge in [0.15, 0.2) is 0 Å². The number of fused-ring (bicyclic) bond motifs is 1. The number of amides is 1. The standard InChI is InChI=1S/C19H21N5O/c1-11-12(2)21-18-8-14(6-7-16(18)20-11)19(25)24(3)10-15-9-17(23-22-15)13-4-5-13/h6-9,13H,4-5,10H2,1-3H3,(H,22,23). The average Bonchev–Trinajstić information content (AvgIpc) is 3.34. The molecule has 1 aliphatic carbocycles. The predicted molar refractivity (Wildman–Crippen MR) is 95.4 cm³/mol. The zero-order chi connectivity index (χ0) is 17.6. The molecule has 0 spiro atoms. The summed E-state index contributed by atoms with van der Waals surface area (Å²) in [5, 5.41) is 7.38. The van der Waals surface area contributed by atoms with Gasteiger partial charge in [0.1, 0.15) is 0 Å². The zero-order valence-electron chi connectivity index (χ0n) is 14.7. The molecule has 2 heterocycles. The highest BCUT2D eigenvalue weighted by Crippen LogP contribution is 2.39. The minimum absolute atomic E-state index is 0.0375. The van der Waals surface area contributed by atoms with E-state index in [2.05, 4.69) is 26.2 Å². The number of hydrogen-bond acceptors (Lipinski definition) is 4. The molecule has 1 aliphatic rings. The van der Waals surface area contributed by atoms with Crippen LogP contribution in [-0.4, -0.2) is 38.0 Å². The molecule has 4 rings (SSSR count). The molecule has 1 N–H and O–H groups in total. The summed E-state index contributed by atoms with van der Waals surface area (Å²) in [6.07, 6.45) is 2.44. The Morgan fingerprint density at radius 2 is 1.88 bits per heavy atom. The molecule has 1 amide bonds. The fourth-order valence-corrected chi connectivity index (χ4v) is 2.96. The number of aryl methyl sites for hydroxylation is 2. The first-order valence-electron chi connectivity index (χ1n) is 8.56. The summed E-state index contributed by atoms with van der Waals surface area (Å²) in [6, 6.07) is 7.56. The molecule has 3 aromatic rings. The van der Waals surface area contributed by atoms with Crippen molar-refractivity contribution in [3.63, 3.8) is 0 Å². The largest absolute Gasteiger partial charge is 0.336 e. The van der Waals surface area contributed by atoms with Crippen molar-refractivity contribution in [3.8, 4) is 0 Å². The maximum absolute atomic E-state index is 12.7. The maximum Gasteiger partial charge on any atom is 0.254 e. The van der Waals surface area contributed by atoms with Crippen LogP contribution in [0.5, 0.6) is 0 Å². The number of aromatic amines is 1. The van der Waals surface area contributed by atoms with Crippen LogP contribution in [-0.2, 0) is 6.54 Å². The Balaban J connectivity index is 1.54. The lowest BCUT2D eigenvalue weighted by Gasteiger charge is -2.16. The van der Waals surface area contributed by atoms with E-state index < -0.39 is 0 Å². The van der Waals surface area contributed by atoms with Gasteiger partial charge in [-0.15, -0.1) is 0 Å². The number of benzene rings is 1. The molecule has 1 saturated carbocycles. The Morgan fingerprint density at radius 1 is 1.16 bits per heavy atom. The second-order valence-electron chi connectivity index (χ2n) is 6.85. The smallest absolute Gasteiger partial charge is 0.254 e. The van der Waals surface area contributed by atoms with Crippen molar-refractivity contribution < 1.29 is 4.79 Å². The van der Waals surface area contributed by atoms with Gasteiger partial charge in [-0.05, 0) is 51.0 Å². The molecule has 0 radical (unpaired) electrons. The van der Waals surface area contributed by atoms with E-state index in [0.717, 1.165) is 33.8 Å². The molecule has 1 aromatic carbocycles. The first-order chi connectivity index (χ1) is 12.0. The summed E-state index contributed by atoms with van der Waals surface area (Å²) in [4.78, 5) is 23.5. The summed E-state index contributed by atoms with van der Waals surface area (Å²) < 4.78 is 0. The van der Waals surface area contributed by atoms with Crippen LogP contribution in [0, 0.1) is 13.8 Å². The third-order valence-corrected chi connectivity index (χ3v) is 4.72. The summed E-state index contributed by atoms with van der Waals surface area (Å²) in [6.45, 7) is 4.38. The van der Waals surface area contributed by atoms with Gasteiger partial charge in [-0.2, -0.15) is 5.10 Å². The fraction of sp³-hybridized carbons (Fsp3) is 0.368. The Kier molecular flexibility index (Phi) is 3.75. The molecule has 0 atom stereocenters. The van der Waals surface area contributed by atoms with Crippen molar-refractivity contribution in [2.75, 3.05) is 7.05 Å². The molecule has 2 aromatic heterocycles. The normalized spacial score (nSPS) is 14.0. The number of carbonyl (C=O) groups is 1. The van der Waals surface area contributed by atoms with Crippen molar-refractivity contribution >= 4 is 16.9 Å². The molecular weight excluding hydrogens is 314 g/mol. The van der Waals surface area contributed by atoms with E-state index in [1.807, 2.05) is 32.0 Å². The van der Waals surface area contributed by atoms with Gasteiger partial charge in [-0.25, -0.2) is 9.97 Å². The van der Waals surface area contributed by atoms with Crippen LogP contribution < -0.4 is 0 Å². The highest BCUT2D eigenvalue weighted by Gasteiger charge is 2.26. The molecular formula is C19H21N5O. The van der Waals surface area contributed by atoms with Crippen molar-refractivity contribution in [1.82, 2.24) is 25.1 Å². The van der Waals surface area contributed by atoms with Crippen molar-refractivity contribution in [1.29, 1.82) is 0 Å². The summed E-state index contributed by atoms with van der Waals surface area (Å²) >= 11 is 0. The number of hydrogen-bond donors (Lipinski definition) is 1. The first kappa shape index (κ1) is 15.7. The lowest BCUT2D eigenvalue weighted by Crippen LogP contribution is -2.26. The molecule has 0 unspecified atom stereocenters. The van der Waals surface area contributed by atoms with Gasteiger partial charge < -0.3 is 4.90 Å². The number of nitrogens with one attached hydrogen (secondary N) is 1. The number of rotatable bonds is 4. The second-order valence-corrected chi connectivity index (χ2v) is 6.85. The van der Waals surface area contributed by atoms with Gasteiger partial charge in [0, 0.05) is 18.5 Å². The predicted octanol–water partition coefficient (Wildman–Crippen LogP) is 3.12. The lowest BCUT2D eigenvalue weighted by atomic mass is 10.1. The summed E-state index contributed by atoms with van der Waals surface area (Å²) in [7, 11) is 1.80. The Hall–Kier alpha value is -2.76. The van der Waals surface area contributed by atoms with E-state index in [9.17, 15) is 4.79 Å². The van der Waals surface area contributed by atoms with E-state index in [1.54, 1.807) is 11.9 Å². The molecule has 0 bridgehead atoms. The van der Waals surface area contributed by atoms with Crippen LogP contribution >= 0.6 is 0 Å². The van der Waals surface area contributed by atoms with E-state index in [1.165, 1.54) is 12.8 Å². The SMILES string of the molecule is Cc1nc2ccc(C(=O)N(C)Cc3cc(C4CC4)n[nH]3)cc2nc1C. The van der Waals surface area contributed by atoms with Gasteiger partial charge >= 0.3 is 0 Å². The van der Waals surface area contributed by atoms with Gasteiger partial charge in [0.25, 0.3) is 5.91 Å². The van der Waals surface area contributed by atoms with Crippen molar-refractivity contribution in [2.24, 2.45) is 0 Å². The molecule has 0 saturated heterocycles. The minimum Gasteiger partial charge on any atom is -0.336 e. The van der Waals surface area contributed by atoms with Crippen LogP contribution in [0.1, 0.15) is 51.9 Å². The third kappa shape index (κ3) is 3.12. The van der Waals surface area contributed by atoms with Crippen molar-refractivity contribution in [3.05, 3.63) is 52.6 Å². The van der Waals surface area contributed by atoms with E-state index in [0.29, 0.717) is 18.0 Å². The molecule has 1 fully saturated rings. The van der Waals surface area contributed by atoms with E-state index >= 15 is 0 Å². The molecule has 6 nitrogen and oxygen atoms in total. The zero-order valence-corrected chi connectivity index (χ0v) is 14.7. The number of carbonyl (C=O) groups excluding carboxylic acids is 1. The summed E-state index contributed by atoms with van der Waals surface area (Å²) in [5.41, 5.74) is 6.05. The van der Waals surface area contributed by atoms with Crippen LogP contribution in [0.4, 0.5) is 0 Å². The Bertz CT molecular complexity index is 958. The van der Waals surface area contributed by atoms with Crippen LogP contribution in [0.3, 0.4) is 0 Å². The van der Waals surface area contributed by atoms with Gasteiger partial charge in [0.2, 0.25) is 0 Å². The fourth-order valence-electron chi connectivity index (χ4n) is 2.96. The quantitative estimate of drug-likeness (QED) is 0.795. The van der Waals surface area contributed by atoms with Gasteiger partial charge in [-0.1, -0.05) is 0 Å². The molecule has 128 valence electrons. The van der Waals surface area contributed by atoms with Crippen molar-refractivity contribution in [2.45, 2.75) is 39.2 Å². The molecule has 25 heavy (non-hydrogen) atoms. The minimum atomic E-state index is -0.0375. The average molecular weight is 335 g/mol. The van der Waals surface area contributed by atoms with Gasteiger partial charge in [0.05, 0.1) is 40.4 Å². The Labute approximate surface area is 146 Å². The monoisotopic (exact) mass is 335 g/mol. The Morgan fingerprint density at radius 3 is 2.60 bits per heavy atom. The van der Waals surface area contributed by atoms with Crippen LogP contribution in [0.25, 0.3) is 11.0 Å². The van der Waals surface area contributed by atoms with Crippen LogP contribution in [0.15, 0.2) is 24.3 Å². The van der Waals surface area contributed by atoms with Crippen LogP contribution in [0.2, 0.25) is 0 Å². The van der Waals surface area contributed by atoms with E-state index in [4.69, 9.17) is 0 Å².